The Hall–Kier alpha value is -0.340. The van der Waals surface area contributed by atoms with Gasteiger partial charge in [-0.3, -0.25) is 4.90 Å². The molecule has 0 aromatic rings. The highest BCUT2D eigenvalue weighted by molar-refractivity contribution is 4.75. The van der Waals surface area contributed by atoms with Crippen LogP contribution in [0.1, 0.15) is 26.7 Å². The van der Waals surface area contributed by atoms with Crippen LogP contribution in [-0.2, 0) is 0 Å². The average molecular weight is 184 g/mol. The SMILES string of the molecule is C=CCN(CCCCNC)C(C)C. The highest BCUT2D eigenvalue weighted by atomic mass is 15.1. The van der Waals surface area contributed by atoms with Crippen molar-refractivity contribution in [3.8, 4) is 0 Å². The zero-order valence-electron chi connectivity index (χ0n) is 9.34. The van der Waals surface area contributed by atoms with E-state index in [1.807, 2.05) is 13.1 Å². The molecule has 0 radical (unpaired) electrons. The molecular formula is C11H24N2. The molecule has 0 rings (SSSR count). The van der Waals surface area contributed by atoms with E-state index in [1.165, 1.54) is 19.4 Å². The van der Waals surface area contributed by atoms with Crippen LogP contribution in [0.3, 0.4) is 0 Å². The lowest BCUT2D eigenvalue weighted by molar-refractivity contribution is 0.241. The highest BCUT2D eigenvalue weighted by Gasteiger charge is 2.05. The minimum atomic E-state index is 0.632. The van der Waals surface area contributed by atoms with Crippen LogP contribution in [0.5, 0.6) is 0 Å². The predicted molar refractivity (Wildman–Crippen MR) is 60.1 cm³/mol. The lowest BCUT2D eigenvalue weighted by Crippen LogP contribution is -2.32. The third-order valence-electron chi connectivity index (χ3n) is 2.22. The molecular weight excluding hydrogens is 160 g/mol. The molecule has 2 heteroatoms. The Labute approximate surface area is 83.0 Å². The van der Waals surface area contributed by atoms with Gasteiger partial charge in [0.05, 0.1) is 0 Å². The fraction of sp³-hybridized carbons (Fsp3) is 0.818. The lowest BCUT2D eigenvalue weighted by Gasteiger charge is -2.24. The van der Waals surface area contributed by atoms with Gasteiger partial charge < -0.3 is 5.32 Å². The first-order valence-corrected chi connectivity index (χ1v) is 5.22. The molecule has 2 nitrogen and oxygen atoms in total. The van der Waals surface area contributed by atoms with E-state index in [-0.39, 0.29) is 0 Å². The van der Waals surface area contributed by atoms with Gasteiger partial charge in [0.25, 0.3) is 0 Å². The fourth-order valence-electron chi connectivity index (χ4n) is 1.34. The van der Waals surface area contributed by atoms with Crippen LogP contribution in [0.4, 0.5) is 0 Å². The first-order valence-electron chi connectivity index (χ1n) is 5.22. The van der Waals surface area contributed by atoms with Crippen LogP contribution in [0.25, 0.3) is 0 Å². The Morgan fingerprint density at radius 3 is 2.54 bits per heavy atom. The Bertz CT molecular complexity index is 121. The monoisotopic (exact) mass is 184 g/mol. The van der Waals surface area contributed by atoms with Gasteiger partial charge >= 0.3 is 0 Å². The van der Waals surface area contributed by atoms with Crippen LogP contribution < -0.4 is 5.32 Å². The summed E-state index contributed by atoms with van der Waals surface area (Å²) in [4.78, 5) is 2.45. The van der Waals surface area contributed by atoms with Gasteiger partial charge in [-0.25, -0.2) is 0 Å². The smallest absolute Gasteiger partial charge is 0.0163 e. The standard InChI is InChI=1S/C11H24N2/c1-5-9-13(11(2)3)10-7-6-8-12-4/h5,11-12H,1,6-10H2,2-4H3. The summed E-state index contributed by atoms with van der Waals surface area (Å²) in [6.45, 7) is 11.6. The fourth-order valence-corrected chi connectivity index (χ4v) is 1.34. The van der Waals surface area contributed by atoms with Gasteiger partial charge in [-0.15, -0.1) is 6.58 Å². The van der Waals surface area contributed by atoms with Crippen LogP contribution in [0, 0.1) is 0 Å². The number of nitrogens with one attached hydrogen (secondary N) is 1. The van der Waals surface area contributed by atoms with E-state index in [9.17, 15) is 0 Å². The van der Waals surface area contributed by atoms with Crippen LogP contribution in [0.15, 0.2) is 12.7 Å². The third-order valence-corrected chi connectivity index (χ3v) is 2.22. The number of rotatable bonds is 8. The zero-order valence-corrected chi connectivity index (χ0v) is 9.34. The Kier molecular flexibility index (Phi) is 8.05. The topological polar surface area (TPSA) is 15.3 Å². The van der Waals surface area contributed by atoms with Gasteiger partial charge in [0, 0.05) is 12.6 Å². The van der Waals surface area contributed by atoms with Gasteiger partial charge in [0.1, 0.15) is 0 Å². The largest absolute Gasteiger partial charge is 0.320 e. The molecule has 78 valence electrons. The normalized spacial score (nSPS) is 11.2. The molecule has 13 heavy (non-hydrogen) atoms. The van der Waals surface area contributed by atoms with E-state index in [1.54, 1.807) is 0 Å². The van der Waals surface area contributed by atoms with Gasteiger partial charge in [0.15, 0.2) is 0 Å². The highest BCUT2D eigenvalue weighted by Crippen LogP contribution is 2.00. The van der Waals surface area contributed by atoms with Crippen molar-refractivity contribution in [3.05, 3.63) is 12.7 Å². The molecule has 0 bridgehead atoms. The lowest BCUT2D eigenvalue weighted by atomic mass is 10.2. The average Bonchev–Trinajstić information content (AvgIpc) is 2.10. The number of unbranched alkanes of at least 4 members (excludes halogenated alkanes) is 1. The maximum Gasteiger partial charge on any atom is 0.0163 e. The second kappa shape index (κ2) is 8.27. The second-order valence-electron chi connectivity index (χ2n) is 3.69. The minimum Gasteiger partial charge on any atom is -0.320 e. The molecule has 0 heterocycles. The maximum absolute atomic E-state index is 3.77. The molecule has 0 unspecified atom stereocenters. The molecule has 0 saturated carbocycles. The van der Waals surface area contributed by atoms with Crippen LogP contribution >= 0.6 is 0 Å². The van der Waals surface area contributed by atoms with Crippen LogP contribution in [0.2, 0.25) is 0 Å². The molecule has 0 aromatic carbocycles. The van der Waals surface area contributed by atoms with Crippen molar-refractivity contribution in [2.45, 2.75) is 32.7 Å². The van der Waals surface area contributed by atoms with Gasteiger partial charge in [-0.1, -0.05) is 6.08 Å². The molecule has 0 aliphatic rings. The molecule has 0 amide bonds. The van der Waals surface area contributed by atoms with Crippen LogP contribution in [-0.4, -0.2) is 37.6 Å². The molecule has 0 atom stereocenters. The number of hydrogen-bond donors (Lipinski definition) is 1. The summed E-state index contributed by atoms with van der Waals surface area (Å²) < 4.78 is 0. The summed E-state index contributed by atoms with van der Waals surface area (Å²) in [7, 11) is 2.00. The molecule has 1 N–H and O–H groups in total. The van der Waals surface area contributed by atoms with E-state index in [0.717, 1.165) is 13.1 Å². The Morgan fingerprint density at radius 2 is 2.08 bits per heavy atom. The van der Waals surface area contributed by atoms with Gasteiger partial charge in [-0.05, 0) is 46.8 Å². The van der Waals surface area contributed by atoms with E-state index < -0.39 is 0 Å². The first-order chi connectivity index (χ1) is 6.22. The van der Waals surface area contributed by atoms with Crippen molar-refractivity contribution in [1.29, 1.82) is 0 Å². The maximum atomic E-state index is 3.77. The number of nitrogens with zero attached hydrogens (tertiary/aromatic N) is 1. The molecule has 0 aromatic heterocycles. The summed E-state index contributed by atoms with van der Waals surface area (Å²) in [6, 6.07) is 0.632. The summed E-state index contributed by atoms with van der Waals surface area (Å²) in [5.41, 5.74) is 0. The summed E-state index contributed by atoms with van der Waals surface area (Å²) in [5.74, 6) is 0. The minimum absolute atomic E-state index is 0.632. The van der Waals surface area contributed by atoms with E-state index in [4.69, 9.17) is 0 Å². The van der Waals surface area contributed by atoms with Crippen molar-refractivity contribution in [2.75, 3.05) is 26.7 Å². The Morgan fingerprint density at radius 1 is 1.38 bits per heavy atom. The quantitative estimate of drug-likeness (QED) is 0.458. The van der Waals surface area contributed by atoms with Crippen molar-refractivity contribution in [1.82, 2.24) is 10.2 Å². The van der Waals surface area contributed by atoms with Crippen molar-refractivity contribution >= 4 is 0 Å². The first kappa shape index (κ1) is 12.7. The Balaban J connectivity index is 3.50. The van der Waals surface area contributed by atoms with E-state index in [0.29, 0.717) is 6.04 Å². The predicted octanol–water partition coefficient (Wildman–Crippen LogP) is 1.88. The number of hydrogen-bond acceptors (Lipinski definition) is 2. The second-order valence-corrected chi connectivity index (χ2v) is 3.69. The van der Waals surface area contributed by atoms with Crippen molar-refractivity contribution in [2.24, 2.45) is 0 Å². The van der Waals surface area contributed by atoms with Crippen molar-refractivity contribution in [3.63, 3.8) is 0 Å². The molecule has 0 aliphatic carbocycles. The summed E-state index contributed by atoms with van der Waals surface area (Å²) >= 11 is 0. The van der Waals surface area contributed by atoms with Gasteiger partial charge in [-0.2, -0.15) is 0 Å². The zero-order chi connectivity index (χ0) is 10.1. The summed E-state index contributed by atoms with van der Waals surface area (Å²) in [5, 5.41) is 3.16. The van der Waals surface area contributed by atoms with E-state index in [2.05, 4.69) is 30.6 Å². The summed E-state index contributed by atoms with van der Waals surface area (Å²) in [6.07, 6.45) is 4.52. The van der Waals surface area contributed by atoms with E-state index >= 15 is 0 Å². The molecule has 0 aliphatic heterocycles. The van der Waals surface area contributed by atoms with Crippen molar-refractivity contribution < 1.29 is 0 Å². The molecule has 0 spiro atoms. The molecule has 0 fully saturated rings. The third kappa shape index (κ3) is 6.79. The molecule has 0 saturated heterocycles. The van der Waals surface area contributed by atoms with Gasteiger partial charge in [0.2, 0.25) is 0 Å².